The van der Waals surface area contributed by atoms with Crippen molar-refractivity contribution >= 4 is 24.9 Å². The number of nitrogen functional groups attached to an aromatic ring is 1. The Balaban J connectivity index is 1.72. The summed E-state index contributed by atoms with van der Waals surface area (Å²) < 4.78 is 29.1. The minimum absolute atomic E-state index is 0.0446. The number of nitrogens with zero attached hydrogens (tertiary/aromatic N) is 4. The van der Waals surface area contributed by atoms with Gasteiger partial charge in [-0.05, 0) is 17.7 Å². The number of benzene rings is 1. The molecular formula is C18H22N5O9P. The molecule has 1 aliphatic rings. The first-order valence-electron chi connectivity index (χ1n) is 9.66. The van der Waals surface area contributed by atoms with Gasteiger partial charge in [-0.2, -0.15) is 0 Å². The van der Waals surface area contributed by atoms with E-state index in [1.807, 2.05) is 6.07 Å². The lowest BCUT2D eigenvalue weighted by Gasteiger charge is -2.14. The first-order chi connectivity index (χ1) is 15.6. The molecule has 3 heterocycles. The van der Waals surface area contributed by atoms with Gasteiger partial charge in [0.1, 0.15) is 24.1 Å². The van der Waals surface area contributed by atoms with Gasteiger partial charge in [-0.1, -0.05) is 17.1 Å². The summed E-state index contributed by atoms with van der Waals surface area (Å²) in [5, 5.41) is 33.5. The van der Waals surface area contributed by atoms with Gasteiger partial charge in [-0.15, -0.1) is 0 Å². The van der Waals surface area contributed by atoms with Gasteiger partial charge in [0.15, 0.2) is 11.8 Å². The van der Waals surface area contributed by atoms with Crippen LogP contribution < -0.4 is 20.1 Å². The SMILES string of the molecule is COc1cccc(Cn2c[n+]([C@H]3O[C@@H](COP(=O)(O)O)[C@H](O)[C@@H]3O)c3nc(N)nc([O-])c32)c1. The summed E-state index contributed by atoms with van der Waals surface area (Å²) in [6.45, 7) is -0.467. The number of imidazole rings is 1. The number of aliphatic hydroxyl groups excluding tert-OH is 2. The number of aliphatic hydroxyl groups is 2. The molecule has 4 rings (SSSR count). The Bertz CT molecular complexity index is 1220. The summed E-state index contributed by atoms with van der Waals surface area (Å²) in [7, 11) is -3.29. The summed E-state index contributed by atoms with van der Waals surface area (Å²) in [6, 6.07) is 7.15. The van der Waals surface area contributed by atoms with E-state index in [0.717, 1.165) is 5.56 Å². The lowest BCUT2D eigenvalue weighted by molar-refractivity contribution is -0.745. The standard InChI is InChI=1S/C18H22N5O9P/c1-30-10-4-2-3-9(5-10)6-22-8-23(15-12(22)16(26)21-18(19)20-15)17-14(25)13(24)11(32-17)7-31-33(27,28)29/h2-5,8,11,13-14,17,24-25H,6-7H2,1H3,(H4-,19,20,21,26,27,28,29)/t11-,13-,14-,17-/m0/s1. The number of ether oxygens (including phenoxy) is 2. The second-order valence-corrected chi connectivity index (χ2v) is 8.63. The third-order valence-electron chi connectivity index (χ3n) is 5.15. The van der Waals surface area contributed by atoms with E-state index in [0.29, 0.717) is 5.75 Å². The van der Waals surface area contributed by atoms with Crippen molar-refractivity contribution in [3.8, 4) is 11.6 Å². The molecule has 15 heteroatoms. The normalized spacial score (nSPS) is 23.3. The largest absolute Gasteiger partial charge is 0.856 e. The van der Waals surface area contributed by atoms with E-state index in [9.17, 15) is 19.9 Å². The zero-order valence-corrected chi connectivity index (χ0v) is 18.1. The van der Waals surface area contributed by atoms with Crippen molar-refractivity contribution in [1.29, 1.82) is 0 Å². The van der Waals surface area contributed by atoms with Crippen LogP contribution in [0.3, 0.4) is 0 Å². The second kappa shape index (κ2) is 8.83. The molecule has 0 aliphatic carbocycles. The molecule has 1 aliphatic heterocycles. The smallest absolute Gasteiger partial charge is 0.469 e. The number of anilines is 1. The number of nitrogens with two attached hydrogens (primary N) is 1. The van der Waals surface area contributed by atoms with E-state index in [1.54, 1.807) is 18.2 Å². The summed E-state index contributed by atoms with van der Waals surface area (Å²) in [5.74, 6) is -0.339. The summed E-state index contributed by atoms with van der Waals surface area (Å²) in [5.41, 5.74) is 6.56. The lowest BCUT2D eigenvalue weighted by Crippen LogP contribution is -2.46. The van der Waals surface area contributed by atoms with Crippen LogP contribution in [0.1, 0.15) is 11.8 Å². The number of fused-ring (bicyclic) bond motifs is 1. The highest BCUT2D eigenvalue weighted by Gasteiger charge is 2.47. The molecule has 6 N–H and O–H groups in total. The van der Waals surface area contributed by atoms with Gasteiger partial charge in [0.2, 0.25) is 6.23 Å². The highest BCUT2D eigenvalue weighted by molar-refractivity contribution is 7.46. The van der Waals surface area contributed by atoms with Crippen molar-refractivity contribution in [1.82, 2.24) is 14.5 Å². The molecule has 0 bridgehead atoms. The van der Waals surface area contributed by atoms with Gasteiger partial charge in [-0.3, -0.25) is 9.09 Å². The van der Waals surface area contributed by atoms with E-state index in [-0.39, 0.29) is 23.7 Å². The van der Waals surface area contributed by atoms with Gasteiger partial charge in [-0.25, -0.2) is 14.1 Å². The van der Waals surface area contributed by atoms with Crippen molar-refractivity contribution in [3.05, 3.63) is 36.2 Å². The Hall–Kier alpha value is -2.84. The fourth-order valence-electron chi connectivity index (χ4n) is 3.67. The zero-order chi connectivity index (χ0) is 23.9. The number of methoxy groups -OCH3 is 1. The molecule has 33 heavy (non-hydrogen) atoms. The first-order valence-corrected chi connectivity index (χ1v) is 11.2. The minimum atomic E-state index is -4.82. The van der Waals surface area contributed by atoms with E-state index in [4.69, 9.17) is 25.0 Å². The Morgan fingerprint density at radius 2 is 2.06 bits per heavy atom. The number of hydrogen-bond donors (Lipinski definition) is 5. The molecule has 0 unspecified atom stereocenters. The van der Waals surface area contributed by atoms with Crippen LogP contribution in [0.5, 0.6) is 11.6 Å². The summed E-state index contributed by atoms with van der Waals surface area (Å²) >= 11 is 0. The van der Waals surface area contributed by atoms with Crippen LogP contribution in [-0.2, 0) is 20.4 Å². The topological polar surface area (TPSA) is 209 Å². The van der Waals surface area contributed by atoms with E-state index in [2.05, 4.69) is 14.5 Å². The predicted octanol–water partition coefficient (Wildman–Crippen LogP) is -1.84. The molecule has 1 fully saturated rings. The quantitative estimate of drug-likeness (QED) is 0.185. The molecular weight excluding hydrogens is 461 g/mol. The van der Waals surface area contributed by atoms with Crippen molar-refractivity contribution in [2.75, 3.05) is 19.5 Å². The Morgan fingerprint density at radius 3 is 2.76 bits per heavy atom. The molecule has 14 nitrogen and oxygen atoms in total. The average molecular weight is 483 g/mol. The minimum Gasteiger partial charge on any atom is -0.856 e. The number of aromatic nitrogens is 4. The Morgan fingerprint density at radius 1 is 1.30 bits per heavy atom. The van der Waals surface area contributed by atoms with Crippen LogP contribution in [0.2, 0.25) is 0 Å². The fraction of sp³-hybridized carbons (Fsp3) is 0.389. The maximum atomic E-state index is 12.6. The fourth-order valence-corrected chi connectivity index (χ4v) is 4.01. The van der Waals surface area contributed by atoms with Crippen molar-refractivity contribution in [2.45, 2.75) is 31.1 Å². The molecule has 0 saturated carbocycles. The van der Waals surface area contributed by atoms with E-state index < -0.39 is 44.8 Å². The zero-order valence-electron chi connectivity index (χ0n) is 17.3. The van der Waals surface area contributed by atoms with Crippen molar-refractivity contribution < 1.29 is 48.2 Å². The summed E-state index contributed by atoms with van der Waals surface area (Å²) in [6.07, 6.45) is -4.12. The maximum Gasteiger partial charge on any atom is 0.469 e. The third kappa shape index (κ3) is 4.77. The van der Waals surface area contributed by atoms with Gasteiger partial charge in [0.25, 0.3) is 5.95 Å². The van der Waals surface area contributed by atoms with Crippen LogP contribution in [0.25, 0.3) is 11.2 Å². The molecule has 2 aromatic heterocycles. The highest BCUT2D eigenvalue weighted by atomic mass is 31.2. The maximum absolute atomic E-state index is 12.6. The van der Waals surface area contributed by atoms with Crippen LogP contribution in [0.15, 0.2) is 30.6 Å². The molecule has 4 atom stereocenters. The van der Waals surface area contributed by atoms with E-state index >= 15 is 0 Å². The van der Waals surface area contributed by atoms with E-state index in [1.165, 1.54) is 22.6 Å². The van der Waals surface area contributed by atoms with Gasteiger partial charge < -0.3 is 40.3 Å². The number of phosphoric acid groups is 1. The molecule has 1 saturated heterocycles. The molecule has 0 amide bonds. The van der Waals surface area contributed by atoms with Crippen molar-refractivity contribution in [2.24, 2.45) is 0 Å². The Kier molecular flexibility index (Phi) is 6.24. The van der Waals surface area contributed by atoms with Gasteiger partial charge in [0, 0.05) is 5.88 Å². The van der Waals surface area contributed by atoms with Crippen LogP contribution in [-0.4, -0.2) is 66.6 Å². The average Bonchev–Trinajstić information content (AvgIpc) is 3.23. The van der Waals surface area contributed by atoms with Crippen LogP contribution >= 0.6 is 7.82 Å². The van der Waals surface area contributed by atoms with Crippen LogP contribution in [0.4, 0.5) is 5.95 Å². The van der Waals surface area contributed by atoms with Gasteiger partial charge >= 0.3 is 13.5 Å². The number of phosphoric ester groups is 1. The number of rotatable bonds is 7. The Labute approximate surface area is 186 Å². The predicted molar refractivity (Wildman–Crippen MR) is 108 cm³/mol. The van der Waals surface area contributed by atoms with Crippen molar-refractivity contribution in [3.63, 3.8) is 0 Å². The molecule has 178 valence electrons. The summed E-state index contributed by atoms with van der Waals surface area (Å²) in [4.78, 5) is 25.6. The lowest BCUT2D eigenvalue weighted by atomic mass is 10.1. The number of hydrogen-bond acceptors (Lipinski definition) is 10. The van der Waals surface area contributed by atoms with Crippen LogP contribution in [0, 0.1) is 0 Å². The second-order valence-electron chi connectivity index (χ2n) is 7.39. The molecule has 3 aromatic rings. The molecule has 0 spiro atoms. The molecule has 1 aromatic carbocycles. The van der Waals surface area contributed by atoms with Gasteiger partial charge in [0.05, 0.1) is 20.3 Å². The third-order valence-corrected chi connectivity index (χ3v) is 5.64. The first kappa shape index (κ1) is 23.3. The monoisotopic (exact) mass is 483 g/mol. The molecule has 0 radical (unpaired) electrons. The highest BCUT2D eigenvalue weighted by Crippen LogP contribution is 2.38.